The van der Waals surface area contributed by atoms with Crippen LogP contribution in [-0.4, -0.2) is 16.3 Å². The number of rotatable bonds is 0. The van der Waals surface area contributed by atoms with Crippen LogP contribution in [0.5, 0.6) is 0 Å². The van der Waals surface area contributed by atoms with Crippen molar-refractivity contribution in [3.05, 3.63) is 12.0 Å². The van der Waals surface area contributed by atoms with Crippen LogP contribution in [0.2, 0.25) is 0 Å². The van der Waals surface area contributed by atoms with Crippen LogP contribution in [-0.2, 0) is 0 Å². The molecule has 2 heterocycles. The molecule has 0 radical (unpaired) electrons. The number of aromatic nitrogens is 2. The van der Waals surface area contributed by atoms with Gasteiger partial charge in [0.2, 0.25) is 0 Å². The van der Waals surface area contributed by atoms with E-state index in [1.807, 2.05) is 0 Å². The van der Waals surface area contributed by atoms with Gasteiger partial charge in [-0.15, -0.1) is 0 Å². The van der Waals surface area contributed by atoms with Crippen molar-refractivity contribution in [2.24, 2.45) is 4.99 Å². The number of fused-ring (bicyclic) bond motifs is 1. The van der Waals surface area contributed by atoms with E-state index < -0.39 is 0 Å². The fourth-order valence-electron chi connectivity index (χ4n) is 0.839. The van der Waals surface area contributed by atoms with Gasteiger partial charge in [0.25, 0.3) is 0 Å². The van der Waals surface area contributed by atoms with E-state index in [4.69, 9.17) is 0 Å². The maximum atomic E-state index is 4.05. The molecule has 52 valence electrons. The smallest absolute Gasteiger partial charge is 0.155 e. The fraction of sp³-hybridized carbons (Fsp3) is 0.200. The molecule has 0 amide bonds. The maximum absolute atomic E-state index is 4.05. The van der Waals surface area contributed by atoms with Gasteiger partial charge in [-0.25, -0.2) is 4.98 Å². The van der Waals surface area contributed by atoms with E-state index in [-0.39, 0.29) is 4.95 Å². The van der Waals surface area contributed by atoms with Crippen molar-refractivity contribution in [2.75, 3.05) is 5.32 Å². The quantitative estimate of drug-likeness (QED) is 0.490. The summed E-state index contributed by atoms with van der Waals surface area (Å²) in [6.07, 6.45) is 3.27. The lowest BCUT2D eigenvalue weighted by molar-refractivity contribution is 0.993. The van der Waals surface area contributed by atoms with Gasteiger partial charge >= 0.3 is 0 Å². The van der Waals surface area contributed by atoms with Crippen LogP contribution >= 0.6 is 15.9 Å². The second kappa shape index (κ2) is 2.09. The number of hydrogen-bond donors (Lipinski definition) is 2. The summed E-state index contributed by atoms with van der Waals surface area (Å²) in [5, 5.41) is 2.91. The minimum Gasteiger partial charge on any atom is -0.344 e. The molecular weight excluding hydrogens is 196 g/mol. The number of H-pyrrole nitrogens is 1. The molecule has 2 rings (SSSR count). The first kappa shape index (κ1) is 5.91. The van der Waals surface area contributed by atoms with Crippen LogP contribution in [0.4, 0.5) is 5.82 Å². The predicted octanol–water partition coefficient (Wildman–Crippen LogP) is 1.26. The Morgan fingerprint density at radius 3 is 3.30 bits per heavy atom. The highest BCUT2D eigenvalue weighted by Gasteiger charge is 2.15. The van der Waals surface area contributed by atoms with E-state index in [0.717, 1.165) is 11.5 Å². The molecule has 1 aromatic heterocycles. The third-order valence-electron chi connectivity index (χ3n) is 1.31. The second-order valence-corrected chi connectivity index (χ2v) is 2.79. The van der Waals surface area contributed by atoms with Crippen molar-refractivity contribution in [3.63, 3.8) is 0 Å². The molecule has 0 bridgehead atoms. The molecule has 10 heavy (non-hydrogen) atoms. The zero-order valence-corrected chi connectivity index (χ0v) is 6.59. The van der Waals surface area contributed by atoms with Crippen LogP contribution < -0.4 is 5.32 Å². The fourth-order valence-corrected chi connectivity index (χ4v) is 1.31. The molecule has 1 aliphatic rings. The maximum Gasteiger partial charge on any atom is 0.155 e. The third-order valence-corrected chi connectivity index (χ3v) is 2.01. The second-order valence-electron chi connectivity index (χ2n) is 1.92. The Kier molecular flexibility index (Phi) is 1.23. The first-order valence-electron chi connectivity index (χ1n) is 2.83. The van der Waals surface area contributed by atoms with E-state index >= 15 is 0 Å². The Hall–Kier alpha value is -0.840. The van der Waals surface area contributed by atoms with Crippen LogP contribution in [0.3, 0.4) is 0 Å². The number of imidazole rings is 1. The number of aromatic amines is 1. The van der Waals surface area contributed by atoms with E-state index in [2.05, 4.69) is 36.2 Å². The summed E-state index contributed by atoms with van der Waals surface area (Å²) in [5.41, 5.74) is 0.975. The number of halogens is 1. The van der Waals surface area contributed by atoms with Gasteiger partial charge in [-0.3, -0.25) is 4.99 Å². The molecule has 1 unspecified atom stereocenters. The monoisotopic (exact) mass is 200 g/mol. The molecule has 0 spiro atoms. The van der Waals surface area contributed by atoms with Crippen molar-refractivity contribution >= 4 is 28.1 Å². The van der Waals surface area contributed by atoms with Crippen LogP contribution in [0.25, 0.3) is 0 Å². The molecule has 0 saturated heterocycles. The summed E-state index contributed by atoms with van der Waals surface area (Å²) < 4.78 is 0. The van der Waals surface area contributed by atoms with Crippen molar-refractivity contribution in [1.82, 2.24) is 9.97 Å². The van der Waals surface area contributed by atoms with Gasteiger partial charge in [0.1, 0.15) is 4.95 Å². The lowest BCUT2D eigenvalue weighted by Crippen LogP contribution is -2.05. The molecule has 0 aromatic carbocycles. The van der Waals surface area contributed by atoms with Crippen molar-refractivity contribution in [1.29, 1.82) is 0 Å². The number of alkyl halides is 1. The SMILES string of the molecule is BrC1N=CNc2nc[nH]c21. The lowest BCUT2D eigenvalue weighted by Gasteiger charge is -2.09. The molecule has 0 saturated carbocycles. The number of anilines is 1. The Bertz CT molecular complexity index is 266. The molecular formula is C5H5BrN4. The Morgan fingerprint density at radius 1 is 1.60 bits per heavy atom. The van der Waals surface area contributed by atoms with Gasteiger partial charge in [-0.1, -0.05) is 15.9 Å². The van der Waals surface area contributed by atoms with Gasteiger partial charge in [-0.05, 0) is 0 Å². The summed E-state index contributed by atoms with van der Waals surface area (Å²) in [6.45, 7) is 0. The molecule has 0 aliphatic carbocycles. The van der Waals surface area contributed by atoms with Crippen molar-refractivity contribution < 1.29 is 0 Å². The van der Waals surface area contributed by atoms with E-state index in [1.165, 1.54) is 0 Å². The Morgan fingerprint density at radius 2 is 2.50 bits per heavy atom. The average molecular weight is 201 g/mol. The summed E-state index contributed by atoms with van der Waals surface area (Å²) in [5.74, 6) is 0.844. The van der Waals surface area contributed by atoms with E-state index in [0.29, 0.717) is 0 Å². The Balaban J connectivity index is 2.48. The number of aliphatic imine (C=N–C) groups is 1. The summed E-state index contributed by atoms with van der Waals surface area (Å²) in [7, 11) is 0. The van der Waals surface area contributed by atoms with Crippen molar-refractivity contribution in [2.45, 2.75) is 4.95 Å². The van der Waals surface area contributed by atoms with Crippen LogP contribution in [0.1, 0.15) is 10.6 Å². The molecule has 1 aliphatic heterocycles. The Labute approximate surface area is 65.9 Å². The highest BCUT2D eigenvalue weighted by molar-refractivity contribution is 9.09. The molecule has 2 N–H and O–H groups in total. The number of hydrogen-bond acceptors (Lipinski definition) is 3. The van der Waals surface area contributed by atoms with Gasteiger partial charge in [0.05, 0.1) is 18.4 Å². The third kappa shape index (κ3) is 0.740. The zero-order valence-electron chi connectivity index (χ0n) is 5.00. The first-order chi connectivity index (χ1) is 4.88. The summed E-state index contributed by atoms with van der Waals surface area (Å²) in [6, 6.07) is 0. The normalized spacial score (nSPS) is 21.9. The minimum absolute atomic E-state index is 0.0197. The van der Waals surface area contributed by atoms with E-state index in [9.17, 15) is 0 Å². The average Bonchev–Trinajstić information content (AvgIpc) is 2.36. The highest BCUT2D eigenvalue weighted by Crippen LogP contribution is 2.29. The van der Waals surface area contributed by atoms with Gasteiger partial charge in [-0.2, -0.15) is 0 Å². The summed E-state index contributed by atoms with van der Waals surface area (Å²) >= 11 is 3.36. The van der Waals surface area contributed by atoms with Gasteiger partial charge < -0.3 is 10.3 Å². The summed E-state index contributed by atoms with van der Waals surface area (Å²) in [4.78, 5) is 11.1. The molecule has 1 atom stereocenters. The first-order valence-corrected chi connectivity index (χ1v) is 3.75. The minimum atomic E-state index is 0.0197. The zero-order chi connectivity index (χ0) is 6.97. The molecule has 5 heteroatoms. The number of nitrogens with one attached hydrogen (secondary N) is 2. The topological polar surface area (TPSA) is 53.1 Å². The van der Waals surface area contributed by atoms with Gasteiger partial charge in [0, 0.05) is 0 Å². The number of nitrogens with zero attached hydrogens (tertiary/aromatic N) is 2. The molecule has 1 aromatic rings. The van der Waals surface area contributed by atoms with Crippen LogP contribution in [0.15, 0.2) is 11.3 Å². The van der Waals surface area contributed by atoms with E-state index in [1.54, 1.807) is 12.7 Å². The largest absolute Gasteiger partial charge is 0.344 e. The molecule has 0 fully saturated rings. The highest BCUT2D eigenvalue weighted by atomic mass is 79.9. The van der Waals surface area contributed by atoms with Crippen LogP contribution in [0, 0.1) is 0 Å². The van der Waals surface area contributed by atoms with Gasteiger partial charge in [0.15, 0.2) is 5.82 Å². The lowest BCUT2D eigenvalue weighted by atomic mass is 10.4. The standard InChI is InChI=1S/C5H5BrN4/c6-4-3-5(9-1-7-3)10-2-8-4/h1-2,4H,(H,7,9)(H,8,10). The molecule has 4 nitrogen and oxygen atoms in total. The van der Waals surface area contributed by atoms with Crippen molar-refractivity contribution in [3.8, 4) is 0 Å². The predicted molar refractivity (Wildman–Crippen MR) is 42.4 cm³/mol.